The van der Waals surface area contributed by atoms with E-state index in [0.29, 0.717) is 18.4 Å². The number of aryl methyl sites for hydroxylation is 1. The predicted octanol–water partition coefficient (Wildman–Crippen LogP) is 2.72. The Morgan fingerprint density at radius 1 is 1.04 bits per heavy atom. The van der Waals surface area contributed by atoms with Gasteiger partial charge in [-0.3, -0.25) is 14.5 Å². The Morgan fingerprint density at radius 3 is 2.61 bits per heavy atom. The van der Waals surface area contributed by atoms with E-state index >= 15 is 0 Å². The van der Waals surface area contributed by atoms with Gasteiger partial charge in [-0.2, -0.15) is 0 Å². The van der Waals surface area contributed by atoms with E-state index in [2.05, 4.69) is 5.32 Å². The van der Waals surface area contributed by atoms with Crippen molar-refractivity contribution in [1.29, 1.82) is 0 Å². The molecule has 3 unspecified atom stereocenters. The summed E-state index contributed by atoms with van der Waals surface area (Å²) in [6.07, 6.45) is 8.14. The SMILES string of the molecule is O=C1NC(CCc2ccccc2)C(=O)N1CC(=O)N1CCCC2CCCCC21. The Labute approximate surface area is 166 Å². The van der Waals surface area contributed by atoms with Gasteiger partial charge in [0.15, 0.2) is 0 Å². The van der Waals surface area contributed by atoms with Gasteiger partial charge in [-0.15, -0.1) is 0 Å². The molecule has 1 aromatic rings. The van der Waals surface area contributed by atoms with Crippen molar-refractivity contribution in [1.82, 2.24) is 15.1 Å². The van der Waals surface area contributed by atoms with E-state index in [1.165, 1.54) is 19.3 Å². The van der Waals surface area contributed by atoms with Gasteiger partial charge in [-0.05, 0) is 50.0 Å². The molecule has 1 aromatic carbocycles. The van der Waals surface area contributed by atoms with Crippen molar-refractivity contribution in [3.63, 3.8) is 0 Å². The lowest BCUT2D eigenvalue weighted by Gasteiger charge is -2.44. The van der Waals surface area contributed by atoms with Crippen LogP contribution in [0.2, 0.25) is 0 Å². The molecule has 6 nitrogen and oxygen atoms in total. The van der Waals surface area contributed by atoms with E-state index in [-0.39, 0.29) is 18.4 Å². The molecule has 0 spiro atoms. The lowest BCUT2D eigenvalue weighted by molar-refractivity contribution is -0.141. The van der Waals surface area contributed by atoms with E-state index in [0.717, 1.165) is 42.7 Å². The maximum atomic E-state index is 12.9. The van der Waals surface area contributed by atoms with Crippen molar-refractivity contribution in [3.05, 3.63) is 35.9 Å². The standard InChI is InChI=1S/C22H29N3O3/c26-20(24-14-6-10-17-9-4-5-11-19(17)24)15-25-21(27)18(23-22(25)28)13-12-16-7-2-1-3-8-16/h1-3,7-8,17-19H,4-6,9-15H2,(H,23,28). The van der Waals surface area contributed by atoms with Gasteiger partial charge in [0.05, 0.1) is 0 Å². The largest absolute Gasteiger partial charge is 0.338 e. The second-order valence-corrected chi connectivity index (χ2v) is 8.29. The number of benzene rings is 1. The van der Waals surface area contributed by atoms with Gasteiger partial charge in [-0.25, -0.2) is 4.79 Å². The highest BCUT2D eigenvalue weighted by molar-refractivity contribution is 6.06. The van der Waals surface area contributed by atoms with Crippen molar-refractivity contribution in [2.75, 3.05) is 13.1 Å². The number of piperidine rings is 1. The number of nitrogens with one attached hydrogen (secondary N) is 1. The number of nitrogens with zero attached hydrogens (tertiary/aromatic N) is 2. The molecule has 6 heteroatoms. The first-order chi connectivity index (χ1) is 13.6. The quantitative estimate of drug-likeness (QED) is 0.795. The van der Waals surface area contributed by atoms with Gasteiger partial charge < -0.3 is 10.2 Å². The highest BCUT2D eigenvalue weighted by Gasteiger charge is 2.41. The Hall–Kier alpha value is -2.37. The normalized spacial score (nSPS) is 27.5. The van der Waals surface area contributed by atoms with E-state index in [4.69, 9.17) is 0 Å². The van der Waals surface area contributed by atoms with Crippen LogP contribution in [-0.2, 0) is 16.0 Å². The summed E-state index contributed by atoms with van der Waals surface area (Å²) in [5, 5.41) is 2.76. The molecule has 0 radical (unpaired) electrons. The molecular weight excluding hydrogens is 354 g/mol. The van der Waals surface area contributed by atoms with Crippen LogP contribution in [-0.4, -0.2) is 52.8 Å². The van der Waals surface area contributed by atoms with Gasteiger partial charge in [0, 0.05) is 12.6 Å². The summed E-state index contributed by atoms with van der Waals surface area (Å²) in [6.45, 7) is 0.622. The van der Waals surface area contributed by atoms with Crippen LogP contribution < -0.4 is 5.32 Å². The minimum atomic E-state index is -0.538. The monoisotopic (exact) mass is 383 g/mol. The van der Waals surface area contributed by atoms with Gasteiger partial charge in [0.25, 0.3) is 5.91 Å². The van der Waals surface area contributed by atoms with Crippen molar-refractivity contribution in [2.24, 2.45) is 5.92 Å². The number of rotatable bonds is 5. The molecule has 150 valence electrons. The van der Waals surface area contributed by atoms with Gasteiger partial charge in [-0.1, -0.05) is 43.2 Å². The van der Waals surface area contributed by atoms with Crippen molar-refractivity contribution in [2.45, 2.75) is 63.5 Å². The second kappa shape index (κ2) is 8.33. The third kappa shape index (κ3) is 3.91. The zero-order valence-corrected chi connectivity index (χ0v) is 16.3. The maximum absolute atomic E-state index is 12.9. The zero-order valence-electron chi connectivity index (χ0n) is 16.3. The molecule has 1 aliphatic carbocycles. The smallest absolute Gasteiger partial charge is 0.325 e. The number of imide groups is 1. The Balaban J connectivity index is 1.35. The predicted molar refractivity (Wildman–Crippen MR) is 105 cm³/mol. The van der Waals surface area contributed by atoms with E-state index in [1.807, 2.05) is 35.2 Å². The van der Waals surface area contributed by atoms with Crippen LogP contribution in [0.1, 0.15) is 50.5 Å². The highest BCUT2D eigenvalue weighted by Crippen LogP contribution is 2.35. The van der Waals surface area contributed by atoms with Crippen molar-refractivity contribution in [3.8, 4) is 0 Å². The summed E-state index contributed by atoms with van der Waals surface area (Å²) < 4.78 is 0. The van der Waals surface area contributed by atoms with Crippen LogP contribution in [0.3, 0.4) is 0 Å². The molecule has 3 aliphatic rings. The van der Waals surface area contributed by atoms with E-state index in [9.17, 15) is 14.4 Å². The molecule has 2 heterocycles. The number of likely N-dealkylation sites (tertiary alicyclic amines) is 1. The number of carbonyl (C=O) groups is 3. The van der Waals surface area contributed by atoms with Gasteiger partial charge in [0.2, 0.25) is 5.91 Å². The number of fused-ring (bicyclic) bond motifs is 1. The molecule has 1 saturated carbocycles. The third-order valence-electron chi connectivity index (χ3n) is 6.53. The summed E-state index contributed by atoms with van der Waals surface area (Å²) >= 11 is 0. The topological polar surface area (TPSA) is 69.7 Å². The Kier molecular flexibility index (Phi) is 5.64. The summed E-state index contributed by atoms with van der Waals surface area (Å²) in [7, 11) is 0. The third-order valence-corrected chi connectivity index (χ3v) is 6.53. The molecule has 3 atom stereocenters. The van der Waals surface area contributed by atoms with E-state index < -0.39 is 12.1 Å². The number of urea groups is 1. The van der Waals surface area contributed by atoms with E-state index in [1.54, 1.807) is 0 Å². The molecular formula is C22H29N3O3. The number of hydrogen-bond acceptors (Lipinski definition) is 3. The molecule has 4 rings (SSSR count). The zero-order chi connectivity index (χ0) is 19.5. The van der Waals surface area contributed by atoms with Crippen molar-refractivity contribution >= 4 is 17.8 Å². The lowest BCUT2D eigenvalue weighted by atomic mass is 9.78. The van der Waals surface area contributed by atoms with Crippen LogP contribution in [0.4, 0.5) is 4.79 Å². The number of amides is 4. The van der Waals surface area contributed by atoms with Crippen LogP contribution in [0, 0.1) is 5.92 Å². The van der Waals surface area contributed by atoms with Crippen LogP contribution >= 0.6 is 0 Å². The average molecular weight is 383 g/mol. The Morgan fingerprint density at radius 2 is 1.79 bits per heavy atom. The molecule has 4 amide bonds. The first-order valence-electron chi connectivity index (χ1n) is 10.6. The molecule has 0 bridgehead atoms. The highest BCUT2D eigenvalue weighted by atomic mass is 16.2. The molecule has 2 saturated heterocycles. The summed E-state index contributed by atoms with van der Waals surface area (Å²) in [4.78, 5) is 41.0. The first-order valence-corrected chi connectivity index (χ1v) is 10.6. The lowest BCUT2D eigenvalue weighted by Crippen LogP contribution is -2.53. The fraction of sp³-hybridized carbons (Fsp3) is 0.591. The Bertz CT molecular complexity index is 734. The first kappa shape index (κ1) is 19.0. The fourth-order valence-corrected chi connectivity index (χ4v) is 5.04. The average Bonchev–Trinajstić information content (AvgIpc) is 3.00. The van der Waals surface area contributed by atoms with Crippen LogP contribution in [0.15, 0.2) is 30.3 Å². The van der Waals surface area contributed by atoms with Crippen LogP contribution in [0.5, 0.6) is 0 Å². The summed E-state index contributed by atoms with van der Waals surface area (Å²) in [5.41, 5.74) is 1.13. The fourth-order valence-electron chi connectivity index (χ4n) is 5.04. The molecule has 0 aromatic heterocycles. The molecule has 1 N–H and O–H groups in total. The van der Waals surface area contributed by atoms with Gasteiger partial charge in [0.1, 0.15) is 12.6 Å². The second-order valence-electron chi connectivity index (χ2n) is 8.29. The minimum absolute atomic E-state index is 0.0798. The molecule has 3 fully saturated rings. The van der Waals surface area contributed by atoms with Crippen molar-refractivity contribution < 1.29 is 14.4 Å². The number of hydrogen-bond donors (Lipinski definition) is 1. The van der Waals surface area contributed by atoms with Gasteiger partial charge >= 0.3 is 6.03 Å². The summed E-state index contributed by atoms with van der Waals surface area (Å²) in [6, 6.07) is 9.23. The minimum Gasteiger partial charge on any atom is -0.338 e. The maximum Gasteiger partial charge on any atom is 0.325 e. The molecule has 2 aliphatic heterocycles. The van der Waals surface area contributed by atoms with Crippen LogP contribution in [0.25, 0.3) is 0 Å². The summed E-state index contributed by atoms with van der Waals surface area (Å²) in [5.74, 6) is 0.239. The number of carbonyl (C=O) groups excluding carboxylic acids is 3. The molecule has 28 heavy (non-hydrogen) atoms.